The van der Waals surface area contributed by atoms with Crippen LogP contribution in [0.5, 0.6) is 0 Å². The molecule has 86 valence electrons. The molecule has 0 amide bonds. The number of aromatic nitrogens is 1. The zero-order valence-electron chi connectivity index (χ0n) is 8.51. The second-order valence-corrected chi connectivity index (χ2v) is 5.39. The quantitative estimate of drug-likeness (QED) is 0.858. The van der Waals surface area contributed by atoms with Crippen LogP contribution in [-0.2, 0) is 16.6 Å². The zero-order chi connectivity index (χ0) is 11.9. The molecule has 0 radical (unpaired) electrons. The van der Waals surface area contributed by atoms with Crippen molar-refractivity contribution in [1.29, 1.82) is 0 Å². The van der Waals surface area contributed by atoms with Crippen LogP contribution in [0.25, 0.3) is 10.9 Å². The minimum absolute atomic E-state index is 0.242. The third-order valence-corrected chi connectivity index (χ3v) is 3.38. The molecule has 0 saturated carbocycles. The predicted octanol–water partition coefficient (Wildman–Crippen LogP) is 1.08. The van der Waals surface area contributed by atoms with Gasteiger partial charge in [-0.15, -0.1) is 0 Å². The molecule has 0 aliphatic heterocycles. The van der Waals surface area contributed by atoms with Crippen LogP contribution in [0.15, 0.2) is 24.4 Å². The SMILES string of the molecule is CS(=O)(=O)n1ccc2c(CO)cc(F)cc21. The van der Waals surface area contributed by atoms with E-state index in [0.717, 1.165) is 16.3 Å². The average molecular weight is 243 g/mol. The molecule has 1 aromatic heterocycles. The Morgan fingerprint density at radius 3 is 2.69 bits per heavy atom. The number of hydrogen-bond donors (Lipinski definition) is 1. The van der Waals surface area contributed by atoms with Gasteiger partial charge in [-0.1, -0.05) is 0 Å². The van der Waals surface area contributed by atoms with Gasteiger partial charge in [0.25, 0.3) is 0 Å². The van der Waals surface area contributed by atoms with Crippen molar-refractivity contribution in [2.45, 2.75) is 6.61 Å². The van der Waals surface area contributed by atoms with Crippen molar-refractivity contribution in [3.8, 4) is 0 Å². The molecule has 0 bridgehead atoms. The lowest BCUT2D eigenvalue weighted by Gasteiger charge is -2.04. The van der Waals surface area contributed by atoms with Gasteiger partial charge in [-0.05, 0) is 23.8 Å². The monoisotopic (exact) mass is 243 g/mol. The zero-order valence-corrected chi connectivity index (χ0v) is 9.33. The number of halogens is 1. The Morgan fingerprint density at radius 1 is 1.44 bits per heavy atom. The molecule has 2 aromatic rings. The summed E-state index contributed by atoms with van der Waals surface area (Å²) in [5.74, 6) is -0.569. The van der Waals surface area contributed by atoms with Crippen molar-refractivity contribution in [3.63, 3.8) is 0 Å². The number of benzene rings is 1. The van der Waals surface area contributed by atoms with Gasteiger partial charge in [0.2, 0.25) is 10.0 Å². The van der Waals surface area contributed by atoms with Gasteiger partial charge in [-0.2, -0.15) is 0 Å². The Kier molecular flexibility index (Phi) is 2.47. The molecule has 2 rings (SSSR count). The molecule has 0 fully saturated rings. The molecular weight excluding hydrogens is 233 g/mol. The Bertz CT molecular complexity index is 645. The van der Waals surface area contributed by atoms with Crippen molar-refractivity contribution in [3.05, 3.63) is 35.8 Å². The highest BCUT2D eigenvalue weighted by Gasteiger charge is 2.13. The smallest absolute Gasteiger partial charge is 0.236 e. The van der Waals surface area contributed by atoms with Crippen molar-refractivity contribution in [2.75, 3.05) is 6.26 Å². The molecule has 1 N–H and O–H groups in total. The summed E-state index contributed by atoms with van der Waals surface area (Å²) in [4.78, 5) is 0. The van der Waals surface area contributed by atoms with E-state index < -0.39 is 15.8 Å². The predicted molar refractivity (Wildman–Crippen MR) is 58.1 cm³/mol. The van der Waals surface area contributed by atoms with Crippen LogP contribution in [0, 0.1) is 5.82 Å². The van der Waals surface area contributed by atoms with Crippen LogP contribution in [0.2, 0.25) is 0 Å². The van der Waals surface area contributed by atoms with Gasteiger partial charge < -0.3 is 5.11 Å². The third kappa shape index (κ3) is 1.70. The highest BCUT2D eigenvalue weighted by atomic mass is 32.2. The summed E-state index contributed by atoms with van der Waals surface area (Å²) in [5, 5.41) is 9.58. The fourth-order valence-electron chi connectivity index (χ4n) is 1.68. The van der Waals surface area contributed by atoms with Crippen molar-refractivity contribution >= 4 is 20.9 Å². The van der Waals surface area contributed by atoms with Crippen molar-refractivity contribution in [2.24, 2.45) is 0 Å². The molecule has 6 heteroatoms. The molecule has 4 nitrogen and oxygen atoms in total. The van der Waals surface area contributed by atoms with Gasteiger partial charge in [0.15, 0.2) is 0 Å². The maximum Gasteiger partial charge on any atom is 0.236 e. The molecule has 1 heterocycles. The van der Waals surface area contributed by atoms with Gasteiger partial charge in [0.05, 0.1) is 18.4 Å². The Balaban J connectivity index is 2.88. The molecule has 0 aliphatic rings. The number of rotatable bonds is 2. The van der Waals surface area contributed by atoms with E-state index in [0.29, 0.717) is 10.9 Å². The van der Waals surface area contributed by atoms with E-state index in [-0.39, 0.29) is 12.1 Å². The summed E-state index contributed by atoms with van der Waals surface area (Å²) in [5.41, 5.74) is 0.615. The van der Waals surface area contributed by atoms with Crippen LogP contribution < -0.4 is 0 Å². The molecule has 0 saturated heterocycles. The summed E-state index contributed by atoms with van der Waals surface area (Å²) in [6.45, 7) is -0.331. The highest BCUT2D eigenvalue weighted by Crippen LogP contribution is 2.23. The fraction of sp³-hybridized carbons (Fsp3) is 0.200. The van der Waals surface area contributed by atoms with E-state index in [4.69, 9.17) is 5.11 Å². The summed E-state index contributed by atoms with van der Waals surface area (Å²) in [6, 6.07) is 3.87. The van der Waals surface area contributed by atoms with Gasteiger partial charge >= 0.3 is 0 Å². The molecule has 16 heavy (non-hydrogen) atoms. The lowest BCUT2D eigenvalue weighted by atomic mass is 10.1. The second kappa shape index (κ2) is 3.57. The largest absolute Gasteiger partial charge is 0.392 e. The second-order valence-electron chi connectivity index (χ2n) is 3.53. The number of aliphatic hydroxyl groups excluding tert-OH is 1. The molecule has 0 aliphatic carbocycles. The number of fused-ring (bicyclic) bond motifs is 1. The summed E-state index contributed by atoms with van der Waals surface area (Å²) in [7, 11) is -3.46. The summed E-state index contributed by atoms with van der Waals surface area (Å²) in [6.07, 6.45) is 2.38. The Morgan fingerprint density at radius 2 is 2.12 bits per heavy atom. The summed E-state index contributed by atoms with van der Waals surface area (Å²) < 4.78 is 37.0. The maximum atomic E-state index is 13.2. The van der Waals surface area contributed by atoms with E-state index in [2.05, 4.69) is 0 Å². The normalized spacial score (nSPS) is 12.2. The lowest BCUT2D eigenvalue weighted by molar-refractivity contribution is 0.283. The van der Waals surface area contributed by atoms with Crippen LogP contribution in [-0.4, -0.2) is 23.8 Å². The lowest BCUT2D eigenvalue weighted by Crippen LogP contribution is -2.08. The summed E-state index contributed by atoms with van der Waals surface area (Å²) >= 11 is 0. The van der Waals surface area contributed by atoms with E-state index in [1.54, 1.807) is 6.07 Å². The number of nitrogens with zero attached hydrogens (tertiary/aromatic N) is 1. The minimum atomic E-state index is -3.46. The Labute approximate surface area is 92.0 Å². The molecule has 0 unspecified atom stereocenters. The Hall–Kier alpha value is -1.40. The standard InChI is InChI=1S/C10H10FNO3S/c1-16(14,15)12-3-2-9-7(6-13)4-8(11)5-10(9)12/h2-5,13H,6H2,1H3. The van der Waals surface area contributed by atoms with Gasteiger partial charge in [-0.25, -0.2) is 16.8 Å². The average Bonchev–Trinajstić information content (AvgIpc) is 2.58. The third-order valence-electron chi connectivity index (χ3n) is 2.35. The topological polar surface area (TPSA) is 59.3 Å². The van der Waals surface area contributed by atoms with Crippen LogP contribution >= 0.6 is 0 Å². The first-order valence-electron chi connectivity index (χ1n) is 4.54. The molecular formula is C10H10FNO3S. The van der Waals surface area contributed by atoms with Gasteiger partial charge in [0, 0.05) is 11.6 Å². The first kappa shape index (κ1) is 11.1. The van der Waals surface area contributed by atoms with Crippen LogP contribution in [0.1, 0.15) is 5.56 Å². The molecule has 1 aromatic carbocycles. The fourth-order valence-corrected chi connectivity index (χ4v) is 2.47. The number of aliphatic hydroxyl groups is 1. The maximum absolute atomic E-state index is 13.2. The van der Waals surface area contributed by atoms with E-state index in [1.807, 2.05) is 0 Å². The van der Waals surface area contributed by atoms with E-state index >= 15 is 0 Å². The molecule has 0 spiro atoms. The van der Waals surface area contributed by atoms with E-state index in [9.17, 15) is 12.8 Å². The minimum Gasteiger partial charge on any atom is -0.392 e. The van der Waals surface area contributed by atoms with Crippen LogP contribution in [0.4, 0.5) is 4.39 Å². The van der Waals surface area contributed by atoms with Crippen molar-refractivity contribution < 1.29 is 17.9 Å². The van der Waals surface area contributed by atoms with Crippen molar-refractivity contribution in [1.82, 2.24) is 3.97 Å². The van der Waals surface area contributed by atoms with Gasteiger partial charge in [-0.3, -0.25) is 0 Å². The first-order valence-corrected chi connectivity index (χ1v) is 6.39. The van der Waals surface area contributed by atoms with Crippen LogP contribution in [0.3, 0.4) is 0 Å². The first-order chi connectivity index (χ1) is 7.43. The molecule has 0 atom stereocenters. The van der Waals surface area contributed by atoms with Gasteiger partial charge in [0.1, 0.15) is 5.82 Å². The van der Waals surface area contributed by atoms with E-state index in [1.165, 1.54) is 12.3 Å². The number of hydrogen-bond acceptors (Lipinski definition) is 3. The highest BCUT2D eigenvalue weighted by molar-refractivity contribution is 7.89.